The molecule has 7 nitrogen and oxygen atoms in total. The SMILES string of the molecule is CC(=O)C1=C(O)C(=O)N(c2ccc3[nH]cnc3c2)C1c1ccnc2ccccc12. The van der Waals surface area contributed by atoms with Crippen molar-refractivity contribution in [2.45, 2.75) is 13.0 Å². The zero-order valence-electron chi connectivity index (χ0n) is 15.5. The number of carbonyl (C=O) groups excluding carboxylic acids is 2. The molecular formula is C22H16N4O3. The average molecular weight is 384 g/mol. The number of amides is 1. The summed E-state index contributed by atoms with van der Waals surface area (Å²) in [6.07, 6.45) is 3.22. The minimum atomic E-state index is -0.760. The molecule has 0 aliphatic carbocycles. The summed E-state index contributed by atoms with van der Waals surface area (Å²) in [4.78, 5) is 38.6. The first-order valence-corrected chi connectivity index (χ1v) is 9.10. The van der Waals surface area contributed by atoms with Crippen molar-refractivity contribution in [3.63, 3.8) is 0 Å². The predicted molar refractivity (Wildman–Crippen MR) is 108 cm³/mol. The van der Waals surface area contributed by atoms with Crippen LogP contribution in [-0.4, -0.2) is 31.7 Å². The highest BCUT2D eigenvalue weighted by Crippen LogP contribution is 2.43. The van der Waals surface area contributed by atoms with Gasteiger partial charge in [0, 0.05) is 17.3 Å². The van der Waals surface area contributed by atoms with E-state index in [1.165, 1.54) is 11.8 Å². The maximum Gasteiger partial charge on any atom is 0.294 e. The molecule has 1 amide bonds. The highest BCUT2D eigenvalue weighted by molar-refractivity contribution is 6.16. The normalized spacial score (nSPS) is 16.9. The Morgan fingerprint density at radius 3 is 2.76 bits per heavy atom. The topological polar surface area (TPSA) is 99.2 Å². The standard InChI is InChI=1S/C22H16N4O3/c1-12(27)19-20(15-8-9-23-16-5-3-2-4-14(15)16)26(22(29)21(19)28)13-6-7-17-18(10-13)25-11-24-17/h2-11,20,28H,1H3,(H,24,25). The Kier molecular flexibility index (Phi) is 3.70. The van der Waals surface area contributed by atoms with Crippen LogP contribution in [0.15, 0.2) is 72.4 Å². The Balaban J connectivity index is 1.77. The number of imidazole rings is 1. The van der Waals surface area contributed by atoms with E-state index in [-0.39, 0.29) is 11.4 Å². The number of aromatic amines is 1. The van der Waals surface area contributed by atoms with E-state index in [0.717, 1.165) is 22.0 Å². The second-order valence-corrected chi connectivity index (χ2v) is 6.92. The number of pyridine rings is 1. The van der Waals surface area contributed by atoms with E-state index in [1.54, 1.807) is 30.7 Å². The number of Topliss-reactive ketones (excluding diaryl/α,β-unsaturated/α-hetero) is 1. The molecule has 4 aromatic rings. The highest BCUT2D eigenvalue weighted by Gasteiger charge is 2.44. The third-order valence-electron chi connectivity index (χ3n) is 5.25. The average Bonchev–Trinajstić information content (AvgIpc) is 3.29. The number of aliphatic hydroxyl groups excluding tert-OH is 1. The van der Waals surface area contributed by atoms with Gasteiger partial charge in [-0.25, -0.2) is 4.98 Å². The van der Waals surface area contributed by atoms with Crippen molar-refractivity contribution in [2.75, 3.05) is 4.90 Å². The van der Waals surface area contributed by atoms with E-state index < -0.39 is 17.7 Å². The summed E-state index contributed by atoms with van der Waals surface area (Å²) in [5.41, 5.74) is 3.60. The molecule has 0 spiro atoms. The summed E-state index contributed by atoms with van der Waals surface area (Å²) < 4.78 is 0. The van der Waals surface area contributed by atoms with Gasteiger partial charge < -0.3 is 10.1 Å². The lowest BCUT2D eigenvalue weighted by Crippen LogP contribution is -2.31. The number of aliphatic hydroxyl groups is 1. The molecule has 0 bridgehead atoms. The molecule has 2 aromatic carbocycles. The van der Waals surface area contributed by atoms with Gasteiger partial charge in [-0.05, 0) is 42.8 Å². The Morgan fingerprint density at radius 2 is 1.93 bits per heavy atom. The fourth-order valence-electron chi connectivity index (χ4n) is 3.95. The van der Waals surface area contributed by atoms with E-state index in [1.807, 2.05) is 30.3 Å². The number of benzene rings is 2. The Morgan fingerprint density at radius 1 is 1.10 bits per heavy atom. The molecule has 0 saturated heterocycles. The van der Waals surface area contributed by atoms with Gasteiger partial charge >= 0.3 is 0 Å². The van der Waals surface area contributed by atoms with E-state index >= 15 is 0 Å². The summed E-state index contributed by atoms with van der Waals surface area (Å²) in [7, 11) is 0. The van der Waals surface area contributed by atoms with Gasteiger partial charge in [-0.2, -0.15) is 0 Å². The van der Waals surface area contributed by atoms with Gasteiger partial charge in [0.1, 0.15) is 0 Å². The van der Waals surface area contributed by atoms with E-state index in [9.17, 15) is 14.7 Å². The fourth-order valence-corrected chi connectivity index (χ4v) is 3.95. The van der Waals surface area contributed by atoms with Crippen LogP contribution >= 0.6 is 0 Å². The van der Waals surface area contributed by atoms with Crippen molar-refractivity contribution < 1.29 is 14.7 Å². The number of rotatable bonds is 3. The van der Waals surface area contributed by atoms with Gasteiger partial charge in [0.2, 0.25) is 0 Å². The van der Waals surface area contributed by atoms with Crippen LogP contribution in [0, 0.1) is 0 Å². The predicted octanol–water partition coefficient (Wildman–Crippen LogP) is 3.60. The lowest BCUT2D eigenvalue weighted by molar-refractivity contribution is -0.117. The second-order valence-electron chi connectivity index (χ2n) is 6.92. The van der Waals surface area contributed by atoms with Gasteiger partial charge in [0.15, 0.2) is 11.5 Å². The van der Waals surface area contributed by atoms with Gasteiger partial charge in [0.05, 0.1) is 34.5 Å². The molecular weight excluding hydrogens is 368 g/mol. The van der Waals surface area contributed by atoms with Crippen molar-refractivity contribution in [3.05, 3.63) is 78.0 Å². The molecule has 142 valence electrons. The number of nitrogens with zero attached hydrogens (tertiary/aromatic N) is 3. The summed E-state index contributed by atoms with van der Waals surface area (Å²) in [6.45, 7) is 1.36. The molecule has 5 rings (SSSR count). The number of H-pyrrole nitrogens is 1. The minimum absolute atomic E-state index is 0.0773. The summed E-state index contributed by atoms with van der Waals surface area (Å²) >= 11 is 0. The molecule has 1 aliphatic heterocycles. The molecule has 0 saturated carbocycles. The lowest BCUT2D eigenvalue weighted by Gasteiger charge is -2.27. The first kappa shape index (κ1) is 17.1. The van der Waals surface area contributed by atoms with Crippen LogP contribution in [0.1, 0.15) is 18.5 Å². The van der Waals surface area contributed by atoms with Crippen LogP contribution in [0.5, 0.6) is 0 Å². The van der Waals surface area contributed by atoms with Crippen molar-refractivity contribution in [1.29, 1.82) is 0 Å². The largest absolute Gasteiger partial charge is 0.503 e. The molecule has 2 N–H and O–H groups in total. The Hall–Kier alpha value is -4.00. The number of aromatic nitrogens is 3. The number of hydrogen-bond donors (Lipinski definition) is 2. The molecule has 7 heteroatoms. The first-order chi connectivity index (χ1) is 14.1. The Labute approximate surface area is 165 Å². The van der Waals surface area contributed by atoms with Crippen LogP contribution < -0.4 is 4.90 Å². The van der Waals surface area contributed by atoms with E-state index in [0.29, 0.717) is 11.2 Å². The number of nitrogens with one attached hydrogen (secondary N) is 1. The van der Waals surface area contributed by atoms with E-state index in [4.69, 9.17) is 0 Å². The molecule has 1 aliphatic rings. The number of anilines is 1. The van der Waals surface area contributed by atoms with Gasteiger partial charge in [0.25, 0.3) is 5.91 Å². The van der Waals surface area contributed by atoms with Crippen molar-refractivity contribution in [2.24, 2.45) is 0 Å². The number of ketones is 1. The van der Waals surface area contributed by atoms with Crippen molar-refractivity contribution in [3.8, 4) is 0 Å². The summed E-state index contributed by atoms with van der Waals surface area (Å²) in [5.74, 6) is -1.49. The summed E-state index contributed by atoms with van der Waals surface area (Å²) in [6, 6.07) is 13.9. The first-order valence-electron chi connectivity index (χ1n) is 9.10. The number of para-hydroxylation sites is 1. The number of hydrogen-bond acceptors (Lipinski definition) is 5. The zero-order chi connectivity index (χ0) is 20.1. The van der Waals surface area contributed by atoms with Crippen LogP contribution in [0.2, 0.25) is 0 Å². The molecule has 29 heavy (non-hydrogen) atoms. The fraction of sp³-hybridized carbons (Fsp3) is 0.0909. The molecule has 1 atom stereocenters. The van der Waals surface area contributed by atoms with Gasteiger partial charge in [-0.3, -0.25) is 19.5 Å². The van der Waals surface area contributed by atoms with Crippen molar-refractivity contribution >= 4 is 39.3 Å². The Bertz CT molecular complexity index is 1330. The maximum atomic E-state index is 13.0. The number of carbonyl (C=O) groups is 2. The molecule has 2 aromatic heterocycles. The van der Waals surface area contributed by atoms with Crippen LogP contribution in [0.3, 0.4) is 0 Å². The smallest absolute Gasteiger partial charge is 0.294 e. The molecule has 0 radical (unpaired) electrons. The van der Waals surface area contributed by atoms with Gasteiger partial charge in [-0.15, -0.1) is 0 Å². The van der Waals surface area contributed by atoms with Crippen LogP contribution in [0.25, 0.3) is 21.9 Å². The third-order valence-corrected chi connectivity index (χ3v) is 5.25. The summed E-state index contributed by atoms with van der Waals surface area (Å²) in [5, 5.41) is 11.4. The zero-order valence-corrected chi connectivity index (χ0v) is 15.5. The van der Waals surface area contributed by atoms with Crippen LogP contribution in [0.4, 0.5) is 5.69 Å². The van der Waals surface area contributed by atoms with E-state index in [2.05, 4.69) is 15.0 Å². The monoisotopic (exact) mass is 384 g/mol. The third kappa shape index (κ3) is 2.51. The molecule has 3 heterocycles. The quantitative estimate of drug-likeness (QED) is 0.562. The maximum absolute atomic E-state index is 13.0. The second kappa shape index (κ2) is 6.27. The highest BCUT2D eigenvalue weighted by atomic mass is 16.3. The number of fused-ring (bicyclic) bond motifs is 2. The lowest BCUT2D eigenvalue weighted by atomic mass is 9.94. The minimum Gasteiger partial charge on any atom is -0.503 e. The molecule has 0 fully saturated rings. The van der Waals surface area contributed by atoms with Crippen LogP contribution in [-0.2, 0) is 9.59 Å². The molecule has 1 unspecified atom stereocenters. The van der Waals surface area contributed by atoms with Gasteiger partial charge in [-0.1, -0.05) is 18.2 Å². The van der Waals surface area contributed by atoms with Crippen molar-refractivity contribution in [1.82, 2.24) is 15.0 Å².